The Kier molecular flexibility index (Phi) is 3.97. The Morgan fingerprint density at radius 3 is 2.36 bits per heavy atom. The van der Waals surface area contributed by atoms with E-state index in [9.17, 15) is 4.79 Å². The number of esters is 1. The summed E-state index contributed by atoms with van der Waals surface area (Å²) in [6.45, 7) is 7.69. The van der Waals surface area contributed by atoms with Gasteiger partial charge >= 0.3 is 5.97 Å². The molecule has 2 nitrogen and oxygen atoms in total. The fraction of sp³-hybridized carbons (Fsp3) is 0.833. The molecule has 14 heavy (non-hydrogen) atoms. The topological polar surface area (TPSA) is 26.3 Å². The first-order valence-electron chi connectivity index (χ1n) is 5.59. The molecule has 1 radical (unpaired) electrons. The summed E-state index contributed by atoms with van der Waals surface area (Å²) in [7, 11) is 0. The lowest BCUT2D eigenvalue weighted by Crippen LogP contribution is -2.31. The normalized spacial score (nSPS) is 20.9. The first-order valence-corrected chi connectivity index (χ1v) is 5.59. The van der Waals surface area contributed by atoms with E-state index in [2.05, 4.69) is 0 Å². The van der Waals surface area contributed by atoms with Gasteiger partial charge in [-0.1, -0.05) is 33.1 Å². The monoisotopic (exact) mass is 197 g/mol. The minimum Gasteiger partial charge on any atom is -0.458 e. The third-order valence-corrected chi connectivity index (χ3v) is 2.90. The first-order chi connectivity index (χ1) is 6.54. The van der Waals surface area contributed by atoms with Gasteiger partial charge in [0.15, 0.2) is 0 Å². The molecule has 0 N–H and O–H groups in total. The molecule has 0 aromatic carbocycles. The minimum absolute atomic E-state index is 0.0362. The van der Waals surface area contributed by atoms with E-state index >= 15 is 0 Å². The second-order valence-corrected chi connectivity index (χ2v) is 4.91. The standard InChI is InChI=1S/C12H21O2/c1-10(2)9-14-11(13)12(3)7-5-4-6-8-12/h9-10H,4-8H2,1-3H3. The van der Waals surface area contributed by atoms with Gasteiger partial charge in [-0.15, -0.1) is 0 Å². The predicted molar refractivity (Wildman–Crippen MR) is 56.4 cm³/mol. The zero-order valence-electron chi connectivity index (χ0n) is 9.51. The van der Waals surface area contributed by atoms with Crippen molar-refractivity contribution >= 4 is 5.97 Å². The molecule has 0 amide bonds. The maximum absolute atomic E-state index is 11.8. The van der Waals surface area contributed by atoms with Crippen LogP contribution in [0.4, 0.5) is 0 Å². The number of hydrogen-bond acceptors (Lipinski definition) is 2. The zero-order valence-corrected chi connectivity index (χ0v) is 9.51. The SMILES string of the molecule is CC(C)[CH]OC(=O)C1(C)CCCCC1. The van der Waals surface area contributed by atoms with Crippen molar-refractivity contribution in [3.8, 4) is 0 Å². The number of rotatable bonds is 3. The molecular formula is C12H21O2. The van der Waals surface area contributed by atoms with Crippen molar-refractivity contribution in [2.24, 2.45) is 11.3 Å². The quantitative estimate of drug-likeness (QED) is 0.649. The average molecular weight is 197 g/mol. The van der Waals surface area contributed by atoms with Gasteiger partial charge in [-0.25, -0.2) is 0 Å². The molecule has 1 aliphatic carbocycles. The molecule has 0 aliphatic heterocycles. The Morgan fingerprint density at radius 2 is 1.86 bits per heavy atom. The highest BCUT2D eigenvalue weighted by Crippen LogP contribution is 2.37. The second kappa shape index (κ2) is 4.81. The number of carbonyl (C=O) groups is 1. The van der Waals surface area contributed by atoms with Crippen molar-refractivity contribution in [2.45, 2.75) is 52.9 Å². The third-order valence-electron chi connectivity index (χ3n) is 2.90. The van der Waals surface area contributed by atoms with Crippen molar-refractivity contribution in [3.63, 3.8) is 0 Å². The Labute approximate surface area is 87.0 Å². The van der Waals surface area contributed by atoms with Crippen LogP contribution in [0.25, 0.3) is 0 Å². The van der Waals surface area contributed by atoms with Crippen LogP contribution in [-0.4, -0.2) is 5.97 Å². The van der Waals surface area contributed by atoms with Crippen LogP contribution in [0.2, 0.25) is 0 Å². The number of hydrogen-bond donors (Lipinski definition) is 0. The van der Waals surface area contributed by atoms with Crippen LogP contribution in [0.5, 0.6) is 0 Å². The lowest BCUT2D eigenvalue weighted by molar-refractivity contribution is -0.153. The fourth-order valence-corrected chi connectivity index (χ4v) is 1.88. The van der Waals surface area contributed by atoms with Gasteiger partial charge in [0.05, 0.1) is 5.41 Å². The summed E-state index contributed by atoms with van der Waals surface area (Å²) in [5.41, 5.74) is -0.219. The van der Waals surface area contributed by atoms with E-state index in [1.807, 2.05) is 20.8 Å². The molecule has 0 bridgehead atoms. The largest absolute Gasteiger partial charge is 0.458 e. The highest BCUT2D eigenvalue weighted by atomic mass is 16.5. The Balaban J connectivity index is 2.41. The Morgan fingerprint density at radius 1 is 1.29 bits per heavy atom. The third kappa shape index (κ3) is 3.00. The summed E-state index contributed by atoms with van der Waals surface area (Å²) in [5.74, 6) is 0.275. The Bertz CT molecular complexity index is 190. The van der Waals surface area contributed by atoms with E-state index < -0.39 is 0 Å². The summed E-state index contributed by atoms with van der Waals surface area (Å²) >= 11 is 0. The lowest BCUT2D eigenvalue weighted by Gasteiger charge is -2.31. The van der Waals surface area contributed by atoms with Crippen molar-refractivity contribution in [3.05, 3.63) is 6.61 Å². The number of ether oxygens (including phenoxy) is 1. The minimum atomic E-state index is -0.219. The summed E-state index contributed by atoms with van der Waals surface area (Å²) in [6.07, 6.45) is 5.55. The van der Waals surface area contributed by atoms with Gasteiger partial charge in [0.25, 0.3) is 0 Å². The van der Waals surface area contributed by atoms with E-state index in [1.165, 1.54) is 6.42 Å². The molecule has 1 rings (SSSR count). The molecule has 0 aromatic rings. The van der Waals surface area contributed by atoms with E-state index in [0.717, 1.165) is 25.7 Å². The predicted octanol–water partition coefficient (Wildman–Crippen LogP) is 3.32. The van der Waals surface area contributed by atoms with E-state index in [1.54, 1.807) is 6.61 Å². The lowest BCUT2D eigenvalue weighted by atomic mass is 9.76. The molecule has 81 valence electrons. The number of carbonyl (C=O) groups excluding carboxylic acids is 1. The molecule has 0 aromatic heterocycles. The summed E-state index contributed by atoms with van der Waals surface area (Å²) in [4.78, 5) is 11.8. The van der Waals surface area contributed by atoms with Gasteiger partial charge in [-0.3, -0.25) is 4.79 Å². The molecule has 0 unspecified atom stereocenters. The van der Waals surface area contributed by atoms with Gasteiger partial charge in [-0.2, -0.15) is 0 Å². The smallest absolute Gasteiger partial charge is 0.312 e. The summed E-state index contributed by atoms with van der Waals surface area (Å²) in [5, 5.41) is 0. The van der Waals surface area contributed by atoms with Gasteiger partial charge in [0.1, 0.15) is 6.61 Å². The molecular weight excluding hydrogens is 176 g/mol. The van der Waals surface area contributed by atoms with Crippen LogP contribution < -0.4 is 0 Å². The zero-order chi connectivity index (χ0) is 10.6. The molecule has 1 fully saturated rings. The van der Waals surface area contributed by atoms with E-state index in [-0.39, 0.29) is 11.4 Å². The van der Waals surface area contributed by atoms with Gasteiger partial charge in [0.2, 0.25) is 0 Å². The molecule has 0 saturated heterocycles. The van der Waals surface area contributed by atoms with Crippen LogP contribution in [0.15, 0.2) is 0 Å². The maximum Gasteiger partial charge on any atom is 0.312 e. The second-order valence-electron chi connectivity index (χ2n) is 4.91. The van der Waals surface area contributed by atoms with Crippen LogP contribution >= 0.6 is 0 Å². The molecule has 1 aliphatic rings. The van der Waals surface area contributed by atoms with Crippen LogP contribution in [-0.2, 0) is 9.53 Å². The summed E-state index contributed by atoms with van der Waals surface area (Å²) < 4.78 is 5.18. The van der Waals surface area contributed by atoms with E-state index in [0.29, 0.717) is 5.92 Å². The Hall–Kier alpha value is -0.530. The van der Waals surface area contributed by atoms with Crippen LogP contribution in [0.3, 0.4) is 0 Å². The molecule has 0 spiro atoms. The first kappa shape index (κ1) is 11.5. The fourth-order valence-electron chi connectivity index (χ4n) is 1.88. The van der Waals surface area contributed by atoms with Gasteiger partial charge in [-0.05, 0) is 25.7 Å². The van der Waals surface area contributed by atoms with Crippen molar-refractivity contribution in [1.82, 2.24) is 0 Å². The molecule has 0 atom stereocenters. The molecule has 0 heterocycles. The van der Waals surface area contributed by atoms with Crippen LogP contribution in [0, 0.1) is 17.9 Å². The molecule has 1 saturated carbocycles. The van der Waals surface area contributed by atoms with Gasteiger partial charge < -0.3 is 4.74 Å². The van der Waals surface area contributed by atoms with E-state index in [4.69, 9.17) is 4.74 Å². The van der Waals surface area contributed by atoms with Crippen molar-refractivity contribution < 1.29 is 9.53 Å². The average Bonchev–Trinajstić information content (AvgIpc) is 2.15. The highest BCUT2D eigenvalue weighted by Gasteiger charge is 2.36. The summed E-state index contributed by atoms with van der Waals surface area (Å²) in [6, 6.07) is 0. The molecule has 2 heteroatoms. The maximum atomic E-state index is 11.8. The van der Waals surface area contributed by atoms with Crippen molar-refractivity contribution in [2.75, 3.05) is 0 Å². The van der Waals surface area contributed by atoms with Crippen molar-refractivity contribution in [1.29, 1.82) is 0 Å². The van der Waals surface area contributed by atoms with Crippen LogP contribution in [0.1, 0.15) is 52.9 Å². The highest BCUT2D eigenvalue weighted by molar-refractivity contribution is 5.76. The van der Waals surface area contributed by atoms with Gasteiger partial charge in [0, 0.05) is 0 Å².